The van der Waals surface area contributed by atoms with Gasteiger partial charge >= 0.3 is 0 Å². The molecule has 0 aliphatic carbocycles. The Hall–Kier alpha value is -2.35. The first-order chi connectivity index (χ1) is 10.2. The molecule has 3 aromatic rings. The Morgan fingerprint density at radius 3 is 3.24 bits per heavy atom. The fourth-order valence-corrected chi connectivity index (χ4v) is 2.52. The molecular weight excluding hydrogens is 294 g/mol. The minimum Gasteiger partial charge on any atom is -0.475 e. The van der Waals surface area contributed by atoms with Crippen LogP contribution in [-0.4, -0.2) is 36.6 Å². The van der Waals surface area contributed by atoms with Gasteiger partial charge in [-0.25, -0.2) is 9.67 Å². The molecule has 0 aromatic carbocycles. The standard InChI is InChI=1S/C12H12ClN7O/c1-6-8-11(18-17-6)21-4-2-3-20-10-7(9(13)19-20)5-14-12(15-8)16-10/h5H,2-4H2,1H3,(H,17,18)(H,14,15,16). The molecular formula is C12H12ClN7O. The average Bonchev–Trinajstić information content (AvgIpc) is 2.97. The summed E-state index contributed by atoms with van der Waals surface area (Å²) in [6.45, 7) is 3.10. The summed E-state index contributed by atoms with van der Waals surface area (Å²) in [5.41, 5.74) is 2.31. The van der Waals surface area contributed by atoms with E-state index in [0.717, 1.165) is 23.2 Å². The fraction of sp³-hybridized carbons (Fsp3) is 0.333. The van der Waals surface area contributed by atoms with E-state index >= 15 is 0 Å². The van der Waals surface area contributed by atoms with Crippen molar-refractivity contribution in [3.05, 3.63) is 17.0 Å². The Morgan fingerprint density at radius 2 is 2.33 bits per heavy atom. The number of hydrogen-bond donors (Lipinski definition) is 2. The fourth-order valence-electron chi connectivity index (χ4n) is 2.29. The highest BCUT2D eigenvalue weighted by molar-refractivity contribution is 6.34. The molecule has 0 spiro atoms. The molecule has 0 unspecified atom stereocenters. The van der Waals surface area contributed by atoms with Gasteiger partial charge in [-0.1, -0.05) is 11.6 Å². The van der Waals surface area contributed by atoms with Crippen LogP contribution in [-0.2, 0) is 6.54 Å². The van der Waals surface area contributed by atoms with Crippen molar-refractivity contribution in [2.45, 2.75) is 19.9 Å². The van der Waals surface area contributed by atoms with Crippen LogP contribution in [0, 0.1) is 6.92 Å². The molecule has 2 N–H and O–H groups in total. The van der Waals surface area contributed by atoms with E-state index in [1.165, 1.54) is 0 Å². The number of anilines is 2. The second-order valence-corrected chi connectivity index (χ2v) is 5.16. The van der Waals surface area contributed by atoms with Gasteiger partial charge in [0.15, 0.2) is 10.8 Å². The minimum atomic E-state index is 0.412. The van der Waals surface area contributed by atoms with Crippen molar-refractivity contribution < 1.29 is 4.74 Å². The largest absolute Gasteiger partial charge is 0.475 e. The molecule has 0 atom stereocenters. The number of rotatable bonds is 0. The third-order valence-corrected chi connectivity index (χ3v) is 3.63. The van der Waals surface area contributed by atoms with Crippen LogP contribution >= 0.6 is 11.6 Å². The molecule has 0 fully saturated rings. The van der Waals surface area contributed by atoms with Crippen molar-refractivity contribution in [1.82, 2.24) is 29.9 Å². The molecule has 108 valence electrons. The second kappa shape index (κ2) is 4.59. The van der Waals surface area contributed by atoms with Gasteiger partial charge in [-0.05, 0) is 6.92 Å². The maximum Gasteiger partial charge on any atom is 0.256 e. The van der Waals surface area contributed by atoms with Gasteiger partial charge in [0.2, 0.25) is 5.95 Å². The average molecular weight is 306 g/mol. The smallest absolute Gasteiger partial charge is 0.256 e. The van der Waals surface area contributed by atoms with Gasteiger partial charge in [-0.3, -0.25) is 5.10 Å². The first-order valence-electron chi connectivity index (χ1n) is 6.56. The van der Waals surface area contributed by atoms with Crippen molar-refractivity contribution in [3.8, 4) is 5.88 Å². The van der Waals surface area contributed by atoms with Gasteiger partial charge in [0.05, 0.1) is 17.7 Å². The lowest BCUT2D eigenvalue weighted by atomic mass is 10.4. The number of aryl methyl sites for hydroxylation is 2. The van der Waals surface area contributed by atoms with Gasteiger partial charge in [-0.2, -0.15) is 10.1 Å². The van der Waals surface area contributed by atoms with Crippen LogP contribution in [0.15, 0.2) is 6.20 Å². The number of nitrogens with one attached hydrogen (secondary N) is 2. The predicted octanol–water partition coefficient (Wildman–Crippen LogP) is 2.04. The summed E-state index contributed by atoms with van der Waals surface area (Å²) in [6.07, 6.45) is 2.45. The lowest BCUT2D eigenvalue weighted by molar-refractivity contribution is 0.290. The summed E-state index contributed by atoms with van der Waals surface area (Å²) in [5, 5.41) is 15.6. The van der Waals surface area contributed by atoms with Crippen molar-refractivity contribution >= 4 is 34.3 Å². The van der Waals surface area contributed by atoms with E-state index in [2.05, 4.69) is 30.6 Å². The molecule has 0 radical (unpaired) electrons. The molecule has 0 saturated heterocycles. The minimum absolute atomic E-state index is 0.412. The zero-order chi connectivity index (χ0) is 14.4. The zero-order valence-corrected chi connectivity index (χ0v) is 12.0. The van der Waals surface area contributed by atoms with Crippen LogP contribution in [0.25, 0.3) is 11.0 Å². The Morgan fingerprint density at radius 1 is 1.43 bits per heavy atom. The number of hydrogen-bond acceptors (Lipinski definition) is 6. The summed E-state index contributed by atoms with van der Waals surface area (Å²) in [7, 11) is 0. The number of aromatic nitrogens is 6. The Balaban J connectivity index is 1.88. The molecule has 3 aromatic heterocycles. The molecule has 4 heterocycles. The zero-order valence-electron chi connectivity index (χ0n) is 11.2. The van der Waals surface area contributed by atoms with Crippen LogP contribution in [0.2, 0.25) is 5.15 Å². The molecule has 0 saturated carbocycles. The van der Waals surface area contributed by atoms with Crippen molar-refractivity contribution in [1.29, 1.82) is 0 Å². The molecule has 0 amide bonds. The number of halogens is 1. The summed E-state index contributed by atoms with van der Waals surface area (Å²) >= 11 is 6.11. The highest BCUT2D eigenvalue weighted by atomic mass is 35.5. The molecule has 1 aliphatic rings. The van der Waals surface area contributed by atoms with Crippen molar-refractivity contribution in [2.75, 3.05) is 11.9 Å². The normalized spacial score (nSPS) is 14.4. The molecule has 9 heteroatoms. The monoisotopic (exact) mass is 305 g/mol. The number of ether oxygens (including phenoxy) is 1. The van der Waals surface area contributed by atoms with Crippen LogP contribution in [0.5, 0.6) is 5.88 Å². The van der Waals surface area contributed by atoms with Gasteiger partial charge in [0.1, 0.15) is 5.69 Å². The van der Waals surface area contributed by atoms with E-state index < -0.39 is 0 Å². The van der Waals surface area contributed by atoms with Crippen LogP contribution in [0.4, 0.5) is 11.6 Å². The summed E-state index contributed by atoms with van der Waals surface area (Å²) < 4.78 is 7.46. The molecule has 2 bridgehead atoms. The first kappa shape index (κ1) is 12.4. The molecule has 1 aliphatic heterocycles. The van der Waals surface area contributed by atoms with E-state index in [1.54, 1.807) is 10.9 Å². The van der Waals surface area contributed by atoms with E-state index in [0.29, 0.717) is 35.8 Å². The van der Waals surface area contributed by atoms with E-state index in [-0.39, 0.29) is 0 Å². The second-order valence-electron chi connectivity index (χ2n) is 4.80. The van der Waals surface area contributed by atoms with Gasteiger partial charge in [0.25, 0.3) is 5.88 Å². The van der Waals surface area contributed by atoms with Gasteiger partial charge < -0.3 is 10.1 Å². The van der Waals surface area contributed by atoms with Crippen LogP contribution in [0.3, 0.4) is 0 Å². The highest BCUT2D eigenvalue weighted by Gasteiger charge is 2.17. The third kappa shape index (κ3) is 1.99. The predicted molar refractivity (Wildman–Crippen MR) is 77.1 cm³/mol. The van der Waals surface area contributed by atoms with Crippen LogP contribution in [0.1, 0.15) is 12.1 Å². The van der Waals surface area contributed by atoms with Crippen molar-refractivity contribution in [2.24, 2.45) is 0 Å². The van der Waals surface area contributed by atoms with E-state index in [4.69, 9.17) is 16.3 Å². The Labute approximate surface area is 124 Å². The van der Waals surface area contributed by atoms with E-state index in [9.17, 15) is 0 Å². The highest BCUT2D eigenvalue weighted by Crippen LogP contribution is 2.29. The summed E-state index contributed by atoms with van der Waals surface area (Å²) in [4.78, 5) is 8.77. The topological polar surface area (TPSA) is 93.5 Å². The quantitative estimate of drug-likeness (QED) is 0.660. The lowest BCUT2D eigenvalue weighted by Gasteiger charge is -2.06. The maximum atomic E-state index is 6.11. The number of H-pyrrole nitrogens is 1. The first-order valence-corrected chi connectivity index (χ1v) is 6.94. The SMILES string of the molecule is Cc1[nH]nc2c1Nc1ncc3c(Cl)nn(c3n1)CCCO2. The summed E-state index contributed by atoms with van der Waals surface area (Å²) in [5.74, 6) is 0.977. The molecule has 4 rings (SSSR count). The van der Waals surface area contributed by atoms with Crippen LogP contribution < -0.4 is 10.1 Å². The molecule has 8 nitrogen and oxygen atoms in total. The van der Waals surface area contributed by atoms with E-state index in [1.807, 2.05) is 6.92 Å². The number of fused-ring (bicyclic) bond motifs is 2. The van der Waals surface area contributed by atoms with Gasteiger partial charge in [-0.15, -0.1) is 5.10 Å². The maximum absolute atomic E-state index is 6.11. The lowest BCUT2D eigenvalue weighted by Crippen LogP contribution is -2.06. The van der Waals surface area contributed by atoms with Crippen molar-refractivity contribution in [3.63, 3.8) is 0 Å². The third-order valence-electron chi connectivity index (χ3n) is 3.35. The Kier molecular flexibility index (Phi) is 2.71. The molecule has 21 heavy (non-hydrogen) atoms. The Bertz CT molecular complexity index is 824. The number of aromatic amines is 1. The summed E-state index contributed by atoms with van der Waals surface area (Å²) in [6, 6.07) is 0. The number of nitrogens with zero attached hydrogens (tertiary/aromatic N) is 5. The van der Waals surface area contributed by atoms with Gasteiger partial charge in [0, 0.05) is 19.2 Å².